The van der Waals surface area contributed by atoms with Gasteiger partial charge in [-0.1, -0.05) is 17.7 Å². The molecule has 3 rings (SSSR count). The molecule has 0 radical (unpaired) electrons. The molecule has 1 aliphatic heterocycles. The Morgan fingerprint density at radius 2 is 1.71 bits per heavy atom. The summed E-state index contributed by atoms with van der Waals surface area (Å²) >= 11 is 0. The minimum absolute atomic E-state index is 0.0669. The molecule has 0 aliphatic carbocycles. The van der Waals surface area contributed by atoms with E-state index in [-0.39, 0.29) is 38.0 Å². The Kier molecular flexibility index (Phi) is 6.71. The van der Waals surface area contributed by atoms with Crippen LogP contribution in [0.2, 0.25) is 0 Å². The van der Waals surface area contributed by atoms with Crippen LogP contribution in [0.15, 0.2) is 47.4 Å². The molecule has 1 heterocycles. The van der Waals surface area contributed by atoms with E-state index in [0.717, 1.165) is 22.0 Å². The van der Waals surface area contributed by atoms with Gasteiger partial charge in [0.05, 0.1) is 0 Å². The van der Waals surface area contributed by atoms with Crippen molar-refractivity contribution in [2.24, 2.45) is 0 Å². The summed E-state index contributed by atoms with van der Waals surface area (Å²) in [4.78, 5) is 25.8. The third-order valence-electron chi connectivity index (χ3n) is 5.06. The van der Waals surface area contributed by atoms with Crippen LogP contribution in [0, 0.1) is 18.6 Å². The molecule has 1 saturated heterocycles. The van der Waals surface area contributed by atoms with E-state index in [0.29, 0.717) is 11.6 Å². The maximum absolute atomic E-state index is 13.9. The zero-order chi connectivity index (χ0) is 22.8. The van der Waals surface area contributed by atoms with E-state index in [4.69, 9.17) is 0 Å². The molecular weight excluding hydrogens is 428 g/mol. The molecule has 1 unspecified atom stereocenters. The summed E-state index contributed by atoms with van der Waals surface area (Å²) in [5.41, 5.74) is 1.35. The van der Waals surface area contributed by atoms with Gasteiger partial charge in [-0.3, -0.25) is 9.59 Å². The smallest absolute Gasteiger partial charge is 0.251 e. The quantitative estimate of drug-likeness (QED) is 0.753. The fraction of sp³-hybridized carbons (Fsp3) is 0.333. The van der Waals surface area contributed by atoms with Crippen molar-refractivity contribution in [2.45, 2.75) is 24.8 Å². The highest BCUT2D eigenvalue weighted by Gasteiger charge is 2.33. The number of carbonyl (C=O) groups excluding carboxylic acids is 2. The van der Waals surface area contributed by atoms with Gasteiger partial charge in [0.1, 0.15) is 22.6 Å². The number of aryl methyl sites for hydroxylation is 1. The van der Waals surface area contributed by atoms with E-state index in [1.54, 1.807) is 25.1 Å². The Labute approximate surface area is 179 Å². The Bertz CT molecular complexity index is 1100. The number of hydrogen-bond donors (Lipinski definition) is 1. The van der Waals surface area contributed by atoms with E-state index < -0.39 is 32.6 Å². The van der Waals surface area contributed by atoms with Gasteiger partial charge in [0.2, 0.25) is 15.9 Å². The van der Waals surface area contributed by atoms with Crippen molar-refractivity contribution in [3.05, 3.63) is 65.2 Å². The molecule has 1 fully saturated rings. The van der Waals surface area contributed by atoms with E-state index in [1.165, 1.54) is 4.90 Å². The van der Waals surface area contributed by atoms with Crippen LogP contribution in [0.5, 0.6) is 0 Å². The molecule has 166 valence electrons. The molecule has 0 spiro atoms. The van der Waals surface area contributed by atoms with E-state index >= 15 is 0 Å². The van der Waals surface area contributed by atoms with Gasteiger partial charge in [0.25, 0.3) is 5.91 Å². The molecule has 7 nitrogen and oxygen atoms in total. The van der Waals surface area contributed by atoms with Crippen LogP contribution < -0.4 is 5.32 Å². The number of halogens is 2. The number of hydrogen-bond acceptors (Lipinski definition) is 4. The second kappa shape index (κ2) is 9.11. The van der Waals surface area contributed by atoms with E-state index in [9.17, 15) is 26.8 Å². The highest BCUT2D eigenvalue weighted by Crippen LogP contribution is 2.22. The van der Waals surface area contributed by atoms with Crippen molar-refractivity contribution in [3.63, 3.8) is 0 Å². The summed E-state index contributed by atoms with van der Waals surface area (Å²) in [7, 11) is -4.23. The van der Waals surface area contributed by atoms with Gasteiger partial charge < -0.3 is 10.2 Å². The first kappa shape index (κ1) is 22.8. The fourth-order valence-electron chi connectivity index (χ4n) is 3.36. The Balaban J connectivity index is 1.61. The first-order valence-electron chi connectivity index (χ1n) is 9.71. The van der Waals surface area contributed by atoms with Gasteiger partial charge in [-0.15, -0.1) is 0 Å². The molecule has 1 aliphatic rings. The van der Waals surface area contributed by atoms with Crippen LogP contribution in [-0.2, 0) is 14.8 Å². The van der Waals surface area contributed by atoms with Gasteiger partial charge in [0, 0.05) is 31.7 Å². The number of nitrogens with one attached hydrogen (secondary N) is 1. The monoisotopic (exact) mass is 451 g/mol. The summed E-state index contributed by atoms with van der Waals surface area (Å²) < 4.78 is 53.7. The normalized spacial score (nSPS) is 16.1. The zero-order valence-electron chi connectivity index (χ0n) is 17.1. The zero-order valence-corrected chi connectivity index (χ0v) is 18.0. The molecule has 0 aromatic heterocycles. The SMILES string of the molecule is Cc1cccc(C(=O)NC(C)C(=O)N2CCN(S(=O)(=O)c3cc(F)ccc3F)CC2)c1. The van der Waals surface area contributed by atoms with Crippen LogP contribution >= 0.6 is 0 Å². The van der Waals surface area contributed by atoms with Gasteiger partial charge >= 0.3 is 0 Å². The number of benzene rings is 2. The molecule has 1 N–H and O–H groups in total. The average Bonchev–Trinajstić information content (AvgIpc) is 2.74. The lowest BCUT2D eigenvalue weighted by Gasteiger charge is -2.35. The topological polar surface area (TPSA) is 86.8 Å². The highest BCUT2D eigenvalue weighted by molar-refractivity contribution is 7.89. The molecule has 0 bridgehead atoms. The lowest BCUT2D eigenvalue weighted by atomic mass is 10.1. The largest absolute Gasteiger partial charge is 0.341 e. The average molecular weight is 451 g/mol. The maximum atomic E-state index is 13.9. The molecular formula is C21H23F2N3O4S. The summed E-state index contributed by atoms with van der Waals surface area (Å²) in [6.45, 7) is 3.42. The summed E-state index contributed by atoms with van der Waals surface area (Å²) in [6.07, 6.45) is 0. The molecule has 2 amide bonds. The van der Waals surface area contributed by atoms with Crippen molar-refractivity contribution in [3.8, 4) is 0 Å². The van der Waals surface area contributed by atoms with E-state index in [1.807, 2.05) is 13.0 Å². The number of carbonyl (C=O) groups is 2. The molecule has 2 aromatic carbocycles. The van der Waals surface area contributed by atoms with Crippen molar-refractivity contribution in [1.29, 1.82) is 0 Å². The molecule has 31 heavy (non-hydrogen) atoms. The Morgan fingerprint density at radius 1 is 1.03 bits per heavy atom. The lowest BCUT2D eigenvalue weighted by molar-refractivity contribution is -0.134. The molecule has 0 saturated carbocycles. The van der Waals surface area contributed by atoms with Crippen LogP contribution in [0.3, 0.4) is 0 Å². The first-order chi connectivity index (χ1) is 14.6. The molecule has 1 atom stereocenters. The number of piperazine rings is 1. The minimum atomic E-state index is -4.23. The van der Waals surface area contributed by atoms with Gasteiger partial charge in [-0.05, 0) is 44.2 Å². The van der Waals surface area contributed by atoms with Crippen LogP contribution in [-0.4, -0.2) is 61.7 Å². The Morgan fingerprint density at radius 3 is 2.35 bits per heavy atom. The fourth-order valence-corrected chi connectivity index (χ4v) is 4.86. The number of amides is 2. The van der Waals surface area contributed by atoms with Crippen molar-refractivity contribution < 1.29 is 26.8 Å². The standard InChI is InChI=1S/C21H23F2N3O4S/c1-14-4-3-5-16(12-14)20(27)24-15(2)21(28)25-8-10-26(11-9-25)31(29,30)19-13-17(22)6-7-18(19)23/h3-7,12-13,15H,8-11H2,1-2H3,(H,24,27). The predicted molar refractivity (Wildman–Crippen MR) is 110 cm³/mol. The van der Waals surface area contributed by atoms with Crippen LogP contribution in [0.1, 0.15) is 22.8 Å². The summed E-state index contributed by atoms with van der Waals surface area (Å²) in [5.74, 6) is -2.62. The van der Waals surface area contributed by atoms with Crippen LogP contribution in [0.4, 0.5) is 8.78 Å². The summed E-state index contributed by atoms with van der Waals surface area (Å²) in [5, 5.41) is 2.65. The predicted octanol–water partition coefficient (Wildman–Crippen LogP) is 1.92. The van der Waals surface area contributed by atoms with Gasteiger partial charge in [-0.2, -0.15) is 4.31 Å². The maximum Gasteiger partial charge on any atom is 0.251 e. The Hall–Kier alpha value is -2.85. The van der Waals surface area contributed by atoms with Crippen molar-refractivity contribution in [1.82, 2.24) is 14.5 Å². The highest BCUT2D eigenvalue weighted by atomic mass is 32.2. The van der Waals surface area contributed by atoms with Crippen LogP contribution in [0.25, 0.3) is 0 Å². The third-order valence-corrected chi connectivity index (χ3v) is 6.97. The van der Waals surface area contributed by atoms with Crippen molar-refractivity contribution >= 4 is 21.8 Å². The molecule has 2 aromatic rings. The van der Waals surface area contributed by atoms with Gasteiger partial charge in [-0.25, -0.2) is 17.2 Å². The summed E-state index contributed by atoms with van der Waals surface area (Å²) in [6, 6.07) is 8.41. The van der Waals surface area contributed by atoms with E-state index in [2.05, 4.69) is 5.32 Å². The second-order valence-electron chi connectivity index (χ2n) is 7.37. The minimum Gasteiger partial charge on any atom is -0.341 e. The number of sulfonamides is 1. The number of nitrogens with zero attached hydrogens (tertiary/aromatic N) is 2. The first-order valence-corrected chi connectivity index (χ1v) is 11.1. The number of rotatable bonds is 5. The third kappa shape index (κ3) is 5.08. The lowest BCUT2D eigenvalue weighted by Crippen LogP contribution is -2.55. The van der Waals surface area contributed by atoms with Gasteiger partial charge in [0.15, 0.2) is 0 Å². The second-order valence-corrected chi connectivity index (χ2v) is 9.28. The molecule has 10 heteroatoms. The van der Waals surface area contributed by atoms with Crippen molar-refractivity contribution in [2.75, 3.05) is 26.2 Å².